The largest absolute Gasteiger partial charge is 0.425 e. The SMILES string of the molecule is O=c1c2ncsc2nc(Oc2cc(F)cc(C(F)(F)F)c2)n1-c1ccc(F)cc1. The van der Waals surface area contributed by atoms with Crippen molar-refractivity contribution in [3.63, 3.8) is 0 Å². The standard InChI is InChI=1S/C18H8F5N3O2S/c19-10-1-3-12(4-2-10)26-16(27)14-15(29-8-24-14)25-17(26)28-13-6-9(18(21,22)23)5-11(20)7-13/h1-8H. The van der Waals surface area contributed by atoms with E-state index in [1.165, 1.54) is 17.6 Å². The van der Waals surface area contributed by atoms with Gasteiger partial charge < -0.3 is 4.74 Å². The van der Waals surface area contributed by atoms with Crippen LogP contribution in [0.1, 0.15) is 5.56 Å². The summed E-state index contributed by atoms with van der Waals surface area (Å²) < 4.78 is 72.1. The van der Waals surface area contributed by atoms with Crippen LogP contribution in [0.4, 0.5) is 22.0 Å². The Labute approximate surface area is 162 Å². The van der Waals surface area contributed by atoms with Crippen molar-refractivity contribution in [2.24, 2.45) is 0 Å². The quantitative estimate of drug-likeness (QED) is 0.437. The number of hydrogen-bond donors (Lipinski definition) is 0. The van der Waals surface area contributed by atoms with Crippen molar-refractivity contribution in [2.45, 2.75) is 6.18 Å². The molecule has 4 aromatic rings. The predicted molar refractivity (Wildman–Crippen MR) is 94.4 cm³/mol. The zero-order valence-corrected chi connectivity index (χ0v) is 14.9. The van der Waals surface area contributed by atoms with Crippen molar-refractivity contribution in [2.75, 3.05) is 0 Å². The molecule has 4 rings (SSSR count). The van der Waals surface area contributed by atoms with Gasteiger partial charge in [0.1, 0.15) is 17.4 Å². The first-order valence-electron chi connectivity index (χ1n) is 7.90. The maximum absolute atomic E-state index is 13.7. The third-order valence-electron chi connectivity index (χ3n) is 3.84. The molecule has 2 aromatic heterocycles. The first-order chi connectivity index (χ1) is 13.7. The summed E-state index contributed by atoms with van der Waals surface area (Å²) >= 11 is 1.01. The molecule has 0 saturated carbocycles. The number of halogens is 5. The van der Waals surface area contributed by atoms with Crippen molar-refractivity contribution < 1.29 is 26.7 Å². The van der Waals surface area contributed by atoms with Crippen LogP contribution >= 0.6 is 11.3 Å². The van der Waals surface area contributed by atoms with E-state index in [1.807, 2.05) is 0 Å². The molecule has 0 bridgehead atoms. The van der Waals surface area contributed by atoms with Gasteiger partial charge in [0.2, 0.25) is 0 Å². The number of aromatic nitrogens is 3. The molecule has 0 aliphatic rings. The van der Waals surface area contributed by atoms with E-state index >= 15 is 0 Å². The lowest BCUT2D eigenvalue weighted by Gasteiger charge is -2.14. The van der Waals surface area contributed by atoms with Gasteiger partial charge in [-0.3, -0.25) is 4.79 Å². The number of hydrogen-bond acceptors (Lipinski definition) is 5. The highest BCUT2D eigenvalue weighted by Gasteiger charge is 2.32. The molecular weight excluding hydrogens is 417 g/mol. The van der Waals surface area contributed by atoms with Crippen LogP contribution in [0.25, 0.3) is 16.0 Å². The van der Waals surface area contributed by atoms with E-state index in [9.17, 15) is 26.7 Å². The summed E-state index contributed by atoms with van der Waals surface area (Å²) in [6, 6.07) is 5.90. The molecule has 5 nitrogen and oxygen atoms in total. The van der Waals surface area contributed by atoms with E-state index in [0.717, 1.165) is 34.1 Å². The van der Waals surface area contributed by atoms with E-state index in [-0.39, 0.29) is 16.0 Å². The van der Waals surface area contributed by atoms with Gasteiger partial charge in [0.25, 0.3) is 5.56 Å². The summed E-state index contributed by atoms with van der Waals surface area (Å²) in [4.78, 5) is 21.0. The van der Waals surface area contributed by atoms with Crippen molar-refractivity contribution in [3.8, 4) is 17.4 Å². The lowest BCUT2D eigenvalue weighted by molar-refractivity contribution is -0.137. The molecule has 0 atom stereocenters. The second kappa shape index (κ2) is 6.92. The molecule has 0 radical (unpaired) electrons. The molecule has 0 aliphatic heterocycles. The van der Waals surface area contributed by atoms with Crippen molar-refractivity contribution in [1.29, 1.82) is 0 Å². The van der Waals surface area contributed by atoms with Crippen LogP contribution in [0.3, 0.4) is 0 Å². The van der Waals surface area contributed by atoms with Gasteiger partial charge in [-0.1, -0.05) is 0 Å². The second-order valence-corrected chi connectivity index (χ2v) is 6.63. The van der Waals surface area contributed by atoms with Crippen LogP contribution in [0.2, 0.25) is 0 Å². The lowest BCUT2D eigenvalue weighted by Crippen LogP contribution is -2.21. The molecule has 148 valence electrons. The maximum Gasteiger partial charge on any atom is 0.416 e. The Bertz CT molecular complexity index is 1270. The molecule has 0 N–H and O–H groups in total. The van der Waals surface area contributed by atoms with Gasteiger partial charge in [-0.15, -0.1) is 11.3 Å². The second-order valence-electron chi connectivity index (χ2n) is 5.79. The molecule has 0 aliphatic carbocycles. The van der Waals surface area contributed by atoms with Gasteiger partial charge in [0.15, 0.2) is 10.3 Å². The minimum Gasteiger partial charge on any atom is -0.425 e. The molecule has 29 heavy (non-hydrogen) atoms. The third kappa shape index (κ3) is 3.68. The number of fused-ring (bicyclic) bond motifs is 1. The highest BCUT2D eigenvalue weighted by atomic mass is 32.1. The predicted octanol–water partition coefficient (Wildman–Crippen LogP) is 4.93. The van der Waals surface area contributed by atoms with Crippen LogP contribution in [-0.4, -0.2) is 14.5 Å². The smallest absolute Gasteiger partial charge is 0.416 e. The summed E-state index contributed by atoms with van der Waals surface area (Å²) in [5.74, 6) is -2.25. The number of thiazole rings is 1. The molecule has 2 aromatic carbocycles. The Kier molecular flexibility index (Phi) is 4.53. The fourth-order valence-corrected chi connectivity index (χ4v) is 3.21. The Hall–Kier alpha value is -3.34. The highest BCUT2D eigenvalue weighted by molar-refractivity contribution is 7.16. The average molecular weight is 425 g/mol. The van der Waals surface area contributed by atoms with Gasteiger partial charge in [-0.25, -0.2) is 18.3 Å². The van der Waals surface area contributed by atoms with E-state index in [1.54, 1.807) is 0 Å². The van der Waals surface area contributed by atoms with Gasteiger partial charge in [0, 0.05) is 6.07 Å². The summed E-state index contributed by atoms with van der Waals surface area (Å²) in [6.07, 6.45) is -4.80. The third-order valence-corrected chi connectivity index (χ3v) is 4.55. The lowest BCUT2D eigenvalue weighted by atomic mass is 10.2. The first-order valence-corrected chi connectivity index (χ1v) is 8.78. The molecule has 0 saturated heterocycles. The van der Waals surface area contributed by atoms with E-state index < -0.39 is 40.7 Å². The average Bonchev–Trinajstić information content (AvgIpc) is 3.11. The minimum atomic E-state index is -4.80. The molecule has 0 unspecified atom stereocenters. The Morgan fingerprint density at radius 3 is 2.41 bits per heavy atom. The van der Waals surface area contributed by atoms with Crippen LogP contribution in [-0.2, 0) is 6.18 Å². The zero-order chi connectivity index (χ0) is 20.8. The number of nitrogens with zero attached hydrogens (tertiary/aromatic N) is 3. The Morgan fingerprint density at radius 1 is 1.00 bits per heavy atom. The molecular formula is C18H8F5N3O2S. The van der Waals surface area contributed by atoms with Crippen LogP contribution < -0.4 is 10.3 Å². The van der Waals surface area contributed by atoms with E-state index in [2.05, 4.69) is 9.97 Å². The highest BCUT2D eigenvalue weighted by Crippen LogP contribution is 2.34. The van der Waals surface area contributed by atoms with Crippen molar-refractivity contribution in [3.05, 3.63) is 75.5 Å². The Balaban J connectivity index is 1.90. The van der Waals surface area contributed by atoms with Crippen LogP contribution in [0.5, 0.6) is 11.8 Å². The van der Waals surface area contributed by atoms with Gasteiger partial charge in [0.05, 0.1) is 16.8 Å². The summed E-state index contributed by atoms with van der Waals surface area (Å²) in [5.41, 5.74) is -0.433. The number of alkyl halides is 3. The first kappa shape index (κ1) is 19.0. The van der Waals surface area contributed by atoms with Crippen molar-refractivity contribution in [1.82, 2.24) is 14.5 Å². The normalized spacial score (nSPS) is 11.8. The number of rotatable bonds is 3. The van der Waals surface area contributed by atoms with Crippen molar-refractivity contribution >= 4 is 21.7 Å². The minimum absolute atomic E-state index is 0.00176. The summed E-state index contributed by atoms with van der Waals surface area (Å²) in [6.45, 7) is 0. The fraction of sp³-hybridized carbons (Fsp3) is 0.0556. The molecule has 0 fully saturated rings. The maximum atomic E-state index is 13.7. The number of ether oxygens (including phenoxy) is 1. The molecule has 0 amide bonds. The van der Waals surface area contributed by atoms with Crippen LogP contribution in [0, 0.1) is 11.6 Å². The summed E-state index contributed by atoms with van der Waals surface area (Å²) in [7, 11) is 0. The number of benzene rings is 2. The zero-order valence-electron chi connectivity index (χ0n) is 14.1. The monoisotopic (exact) mass is 425 g/mol. The van der Waals surface area contributed by atoms with Gasteiger partial charge >= 0.3 is 12.2 Å². The fourth-order valence-electron chi connectivity index (χ4n) is 2.57. The molecule has 2 heterocycles. The molecule has 11 heteroatoms. The topological polar surface area (TPSA) is 57.0 Å². The van der Waals surface area contributed by atoms with Gasteiger partial charge in [-0.05, 0) is 36.4 Å². The summed E-state index contributed by atoms with van der Waals surface area (Å²) in [5, 5.41) is 0. The van der Waals surface area contributed by atoms with E-state index in [4.69, 9.17) is 4.74 Å². The Morgan fingerprint density at radius 2 is 1.72 bits per heavy atom. The van der Waals surface area contributed by atoms with Gasteiger partial charge in [-0.2, -0.15) is 18.2 Å². The molecule has 0 spiro atoms. The van der Waals surface area contributed by atoms with Crippen LogP contribution in [0.15, 0.2) is 52.8 Å². The van der Waals surface area contributed by atoms with E-state index in [0.29, 0.717) is 12.1 Å².